The average molecular weight is 361 g/mol. The molecule has 3 rings (SSSR count). The number of nitrogens with one attached hydrogen (secondary N) is 2. The number of hydrogen-bond donors (Lipinski definition) is 2. The zero-order valence-corrected chi connectivity index (χ0v) is 14.9. The Morgan fingerprint density at radius 2 is 1.88 bits per heavy atom. The minimum Gasteiger partial charge on any atom is -0.486 e. The van der Waals surface area contributed by atoms with Crippen molar-refractivity contribution >= 4 is 23.2 Å². The predicted molar refractivity (Wildman–Crippen MR) is 98.6 cm³/mol. The second-order valence-electron chi connectivity index (χ2n) is 5.91. The van der Waals surface area contributed by atoms with Crippen LogP contribution in [-0.2, 0) is 17.8 Å². The van der Waals surface area contributed by atoms with E-state index in [4.69, 9.17) is 21.1 Å². The molecule has 0 bridgehead atoms. The summed E-state index contributed by atoms with van der Waals surface area (Å²) in [5.41, 5.74) is 3.08. The molecule has 0 radical (unpaired) electrons. The van der Waals surface area contributed by atoms with Crippen molar-refractivity contribution in [3.05, 3.63) is 52.5 Å². The molecule has 0 fully saturated rings. The molecule has 0 atom stereocenters. The monoisotopic (exact) mass is 360 g/mol. The first kappa shape index (κ1) is 17.6. The third-order valence-corrected chi connectivity index (χ3v) is 4.13. The van der Waals surface area contributed by atoms with Crippen LogP contribution < -0.4 is 20.1 Å². The third-order valence-electron chi connectivity index (χ3n) is 3.85. The van der Waals surface area contributed by atoms with E-state index in [0.717, 1.165) is 42.1 Å². The SMILES string of the molecule is CC(=O)Nc1ccc(CNCCc2cc(Cl)c3c(c2)OCCO3)cc1. The molecule has 0 aromatic heterocycles. The number of carbonyl (C=O) groups excluding carboxylic acids is 1. The van der Waals surface area contributed by atoms with Crippen LogP contribution in [0.5, 0.6) is 11.5 Å². The number of halogens is 1. The number of anilines is 1. The van der Waals surface area contributed by atoms with Gasteiger partial charge >= 0.3 is 0 Å². The minimum atomic E-state index is -0.0658. The van der Waals surface area contributed by atoms with Crippen molar-refractivity contribution in [2.24, 2.45) is 0 Å². The molecule has 1 heterocycles. The Morgan fingerprint density at radius 1 is 1.12 bits per heavy atom. The highest BCUT2D eigenvalue weighted by atomic mass is 35.5. The van der Waals surface area contributed by atoms with Gasteiger partial charge in [-0.05, 0) is 48.4 Å². The number of benzene rings is 2. The zero-order valence-electron chi connectivity index (χ0n) is 14.1. The second-order valence-corrected chi connectivity index (χ2v) is 6.31. The molecule has 0 aliphatic carbocycles. The number of rotatable bonds is 6. The van der Waals surface area contributed by atoms with Gasteiger partial charge in [0.25, 0.3) is 0 Å². The van der Waals surface area contributed by atoms with E-state index in [2.05, 4.69) is 10.6 Å². The topological polar surface area (TPSA) is 59.6 Å². The standard InChI is InChI=1S/C19H21ClN2O3/c1-13(23)22-16-4-2-14(3-5-16)12-21-7-6-15-10-17(20)19-18(11-15)24-8-9-25-19/h2-5,10-11,21H,6-9,12H2,1H3,(H,22,23). The van der Waals surface area contributed by atoms with Crippen LogP contribution in [0.3, 0.4) is 0 Å². The van der Waals surface area contributed by atoms with E-state index in [1.165, 1.54) is 6.92 Å². The van der Waals surface area contributed by atoms with Gasteiger partial charge in [-0.15, -0.1) is 0 Å². The Labute approximate surface area is 152 Å². The highest BCUT2D eigenvalue weighted by Gasteiger charge is 2.16. The lowest BCUT2D eigenvalue weighted by Gasteiger charge is -2.20. The molecule has 0 unspecified atom stereocenters. The van der Waals surface area contributed by atoms with Crippen LogP contribution in [0.15, 0.2) is 36.4 Å². The lowest BCUT2D eigenvalue weighted by Crippen LogP contribution is -2.18. The Morgan fingerprint density at radius 3 is 2.64 bits per heavy atom. The van der Waals surface area contributed by atoms with E-state index >= 15 is 0 Å². The smallest absolute Gasteiger partial charge is 0.221 e. The van der Waals surface area contributed by atoms with Gasteiger partial charge in [0.1, 0.15) is 13.2 Å². The van der Waals surface area contributed by atoms with Crippen molar-refractivity contribution in [3.8, 4) is 11.5 Å². The van der Waals surface area contributed by atoms with E-state index in [9.17, 15) is 4.79 Å². The highest BCUT2D eigenvalue weighted by molar-refractivity contribution is 6.32. The molecule has 1 aliphatic rings. The van der Waals surface area contributed by atoms with Gasteiger partial charge in [-0.3, -0.25) is 4.79 Å². The van der Waals surface area contributed by atoms with Gasteiger partial charge < -0.3 is 20.1 Å². The van der Waals surface area contributed by atoms with Crippen LogP contribution >= 0.6 is 11.6 Å². The first-order valence-corrected chi connectivity index (χ1v) is 8.65. The summed E-state index contributed by atoms with van der Waals surface area (Å²) in [7, 11) is 0. The zero-order chi connectivity index (χ0) is 17.6. The number of hydrogen-bond acceptors (Lipinski definition) is 4. The quantitative estimate of drug-likeness (QED) is 0.775. The summed E-state index contributed by atoms with van der Waals surface area (Å²) in [5, 5.41) is 6.76. The van der Waals surface area contributed by atoms with Crippen LogP contribution in [0, 0.1) is 0 Å². The fourth-order valence-electron chi connectivity index (χ4n) is 2.68. The molecule has 2 N–H and O–H groups in total. The van der Waals surface area contributed by atoms with Crippen molar-refractivity contribution in [2.75, 3.05) is 25.1 Å². The van der Waals surface area contributed by atoms with Gasteiger partial charge in [0.2, 0.25) is 5.91 Å². The van der Waals surface area contributed by atoms with Crippen molar-refractivity contribution in [3.63, 3.8) is 0 Å². The molecule has 5 nitrogen and oxygen atoms in total. The molecule has 25 heavy (non-hydrogen) atoms. The molecule has 6 heteroatoms. The third kappa shape index (κ3) is 4.87. The van der Waals surface area contributed by atoms with Gasteiger partial charge in [0, 0.05) is 19.2 Å². The number of fused-ring (bicyclic) bond motifs is 1. The van der Waals surface area contributed by atoms with Crippen molar-refractivity contribution < 1.29 is 14.3 Å². The molecule has 2 aromatic rings. The Balaban J connectivity index is 1.48. The van der Waals surface area contributed by atoms with Gasteiger partial charge in [-0.25, -0.2) is 0 Å². The van der Waals surface area contributed by atoms with Crippen molar-refractivity contribution in [1.82, 2.24) is 5.32 Å². The summed E-state index contributed by atoms with van der Waals surface area (Å²) in [6, 6.07) is 11.7. The number of ether oxygens (including phenoxy) is 2. The summed E-state index contributed by atoms with van der Waals surface area (Å²) in [4.78, 5) is 11.0. The van der Waals surface area contributed by atoms with Gasteiger partial charge in [-0.2, -0.15) is 0 Å². The average Bonchev–Trinajstić information content (AvgIpc) is 2.60. The van der Waals surface area contributed by atoms with Gasteiger partial charge in [0.15, 0.2) is 11.5 Å². The lowest BCUT2D eigenvalue weighted by molar-refractivity contribution is -0.114. The molecule has 1 amide bonds. The molecule has 2 aromatic carbocycles. The molecule has 0 spiro atoms. The maximum Gasteiger partial charge on any atom is 0.221 e. The normalized spacial score (nSPS) is 12.7. The first-order valence-electron chi connectivity index (χ1n) is 8.27. The Kier molecular flexibility index (Phi) is 5.79. The predicted octanol–water partition coefficient (Wildman–Crippen LogP) is 3.40. The van der Waals surface area contributed by atoms with E-state index in [1.807, 2.05) is 36.4 Å². The first-order chi connectivity index (χ1) is 12.1. The molecule has 132 valence electrons. The summed E-state index contributed by atoms with van der Waals surface area (Å²) >= 11 is 6.25. The summed E-state index contributed by atoms with van der Waals surface area (Å²) in [5.74, 6) is 1.30. The Bertz CT molecular complexity index is 747. The molecular formula is C19H21ClN2O3. The van der Waals surface area contributed by atoms with E-state index in [0.29, 0.717) is 24.0 Å². The fraction of sp³-hybridized carbons (Fsp3) is 0.316. The Hall–Kier alpha value is -2.24. The van der Waals surface area contributed by atoms with Gasteiger partial charge in [-0.1, -0.05) is 23.7 Å². The number of carbonyl (C=O) groups is 1. The minimum absolute atomic E-state index is 0.0658. The fourth-order valence-corrected chi connectivity index (χ4v) is 2.97. The number of amides is 1. The van der Waals surface area contributed by atoms with Gasteiger partial charge in [0.05, 0.1) is 5.02 Å². The van der Waals surface area contributed by atoms with Crippen LogP contribution in [0.4, 0.5) is 5.69 Å². The van der Waals surface area contributed by atoms with Crippen LogP contribution in [-0.4, -0.2) is 25.7 Å². The van der Waals surface area contributed by atoms with Crippen LogP contribution in [0.2, 0.25) is 5.02 Å². The van der Waals surface area contributed by atoms with E-state index < -0.39 is 0 Å². The largest absolute Gasteiger partial charge is 0.486 e. The molecule has 0 saturated carbocycles. The maximum absolute atomic E-state index is 11.0. The second kappa shape index (κ2) is 8.23. The van der Waals surface area contributed by atoms with E-state index in [-0.39, 0.29) is 5.91 Å². The lowest BCUT2D eigenvalue weighted by atomic mass is 10.1. The summed E-state index contributed by atoms with van der Waals surface area (Å²) in [6.45, 7) is 4.18. The molecular weight excluding hydrogens is 340 g/mol. The van der Waals surface area contributed by atoms with Crippen LogP contribution in [0.1, 0.15) is 18.1 Å². The maximum atomic E-state index is 11.0. The van der Waals surface area contributed by atoms with Crippen molar-refractivity contribution in [1.29, 1.82) is 0 Å². The van der Waals surface area contributed by atoms with Crippen molar-refractivity contribution in [2.45, 2.75) is 19.9 Å². The van der Waals surface area contributed by atoms with E-state index in [1.54, 1.807) is 0 Å². The van der Waals surface area contributed by atoms with Crippen LogP contribution in [0.25, 0.3) is 0 Å². The molecule has 0 saturated heterocycles. The molecule has 1 aliphatic heterocycles. The highest BCUT2D eigenvalue weighted by Crippen LogP contribution is 2.38. The summed E-state index contributed by atoms with van der Waals surface area (Å²) < 4.78 is 11.1. The summed E-state index contributed by atoms with van der Waals surface area (Å²) in [6.07, 6.45) is 0.848.